The summed E-state index contributed by atoms with van der Waals surface area (Å²) in [5, 5.41) is 15.2. The van der Waals surface area contributed by atoms with E-state index in [1.54, 1.807) is 54.6 Å². The number of para-hydroxylation sites is 1. The standard InChI is InChI=1S/C22H17N3O5/c1-15-10-12-17(13-11-15)22(27)30-20-18(8-5-9-19(20)25(28)29)14-23-24-21(26)16-6-3-2-4-7-16/h2-14H,1H3,(H,24,26)/b23-14+. The molecule has 0 aliphatic carbocycles. The highest BCUT2D eigenvalue weighted by atomic mass is 16.6. The fourth-order valence-corrected chi connectivity index (χ4v) is 2.55. The van der Waals surface area contributed by atoms with E-state index >= 15 is 0 Å². The van der Waals surface area contributed by atoms with Crippen LogP contribution in [-0.2, 0) is 0 Å². The first kappa shape index (κ1) is 20.4. The Morgan fingerprint density at radius 2 is 1.67 bits per heavy atom. The zero-order valence-electron chi connectivity index (χ0n) is 15.9. The van der Waals surface area contributed by atoms with Gasteiger partial charge in [0.2, 0.25) is 5.75 Å². The summed E-state index contributed by atoms with van der Waals surface area (Å²) in [6.45, 7) is 1.87. The van der Waals surface area contributed by atoms with Crippen molar-refractivity contribution in [1.29, 1.82) is 0 Å². The Kier molecular flexibility index (Phi) is 6.29. The maximum atomic E-state index is 12.5. The van der Waals surface area contributed by atoms with E-state index in [2.05, 4.69) is 10.5 Å². The van der Waals surface area contributed by atoms with Crippen molar-refractivity contribution in [3.05, 3.63) is 105 Å². The van der Waals surface area contributed by atoms with Crippen molar-refractivity contribution in [2.75, 3.05) is 0 Å². The molecule has 0 saturated carbocycles. The number of nitro groups is 1. The molecule has 8 heteroatoms. The molecule has 0 aromatic heterocycles. The van der Waals surface area contributed by atoms with E-state index in [0.717, 1.165) is 5.56 Å². The number of amides is 1. The molecule has 1 amide bonds. The molecule has 8 nitrogen and oxygen atoms in total. The molecule has 0 spiro atoms. The van der Waals surface area contributed by atoms with Crippen molar-refractivity contribution in [2.24, 2.45) is 5.10 Å². The predicted molar refractivity (Wildman–Crippen MR) is 111 cm³/mol. The molecule has 0 saturated heterocycles. The van der Waals surface area contributed by atoms with Crippen LogP contribution in [0.1, 0.15) is 31.8 Å². The van der Waals surface area contributed by atoms with E-state index in [-0.39, 0.29) is 16.9 Å². The number of esters is 1. The number of hydrogen-bond acceptors (Lipinski definition) is 6. The minimum absolute atomic E-state index is 0.165. The SMILES string of the molecule is Cc1ccc(C(=O)Oc2c(/C=N/NC(=O)c3ccccc3)cccc2[N+](=O)[O-])cc1. The molecule has 0 heterocycles. The van der Waals surface area contributed by atoms with E-state index < -0.39 is 22.5 Å². The van der Waals surface area contributed by atoms with Crippen LogP contribution in [0.5, 0.6) is 5.75 Å². The van der Waals surface area contributed by atoms with E-state index in [9.17, 15) is 19.7 Å². The predicted octanol–water partition coefficient (Wildman–Crippen LogP) is 3.89. The van der Waals surface area contributed by atoms with Crippen LogP contribution in [0.2, 0.25) is 0 Å². The van der Waals surface area contributed by atoms with Crippen molar-refractivity contribution in [3.63, 3.8) is 0 Å². The van der Waals surface area contributed by atoms with Gasteiger partial charge in [-0.25, -0.2) is 10.2 Å². The van der Waals surface area contributed by atoms with Crippen LogP contribution in [0.4, 0.5) is 5.69 Å². The second kappa shape index (κ2) is 9.24. The highest BCUT2D eigenvalue weighted by Gasteiger charge is 2.22. The Morgan fingerprint density at radius 1 is 0.967 bits per heavy atom. The highest BCUT2D eigenvalue weighted by molar-refractivity contribution is 5.96. The molecule has 0 bridgehead atoms. The third-order valence-electron chi connectivity index (χ3n) is 4.11. The van der Waals surface area contributed by atoms with Gasteiger partial charge in [0.15, 0.2) is 0 Å². The molecule has 0 aliphatic rings. The first-order chi connectivity index (χ1) is 14.5. The van der Waals surface area contributed by atoms with Gasteiger partial charge < -0.3 is 4.74 Å². The Bertz CT molecular complexity index is 1110. The fourth-order valence-electron chi connectivity index (χ4n) is 2.55. The topological polar surface area (TPSA) is 111 Å². The molecule has 0 unspecified atom stereocenters. The summed E-state index contributed by atoms with van der Waals surface area (Å²) in [7, 11) is 0. The van der Waals surface area contributed by atoms with Crippen LogP contribution in [0.25, 0.3) is 0 Å². The first-order valence-electron chi connectivity index (χ1n) is 8.90. The summed E-state index contributed by atoms with van der Waals surface area (Å²) in [6, 6.07) is 19.2. The maximum Gasteiger partial charge on any atom is 0.343 e. The molecule has 1 N–H and O–H groups in total. The summed E-state index contributed by atoms with van der Waals surface area (Å²) < 4.78 is 5.32. The number of nitro benzene ring substituents is 1. The second-order valence-electron chi connectivity index (χ2n) is 6.27. The van der Waals surface area contributed by atoms with E-state index in [4.69, 9.17) is 4.74 Å². The summed E-state index contributed by atoms with van der Waals surface area (Å²) in [5.41, 5.74) is 3.71. The van der Waals surface area contributed by atoms with Crippen molar-refractivity contribution in [1.82, 2.24) is 5.43 Å². The zero-order chi connectivity index (χ0) is 21.5. The quantitative estimate of drug-likeness (QED) is 0.221. The number of aryl methyl sites for hydroxylation is 1. The number of hydrogen-bond donors (Lipinski definition) is 1. The van der Waals surface area contributed by atoms with Gasteiger partial charge in [-0.3, -0.25) is 14.9 Å². The molecule has 150 valence electrons. The first-order valence-corrected chi connectivity index (χ1v) is 8.90. The third kappa shape index (κ3) is 4.93. The lowest BCUT2D eigenvalue weighted by atomic mass is 10.1. The van der Waals surface area contributed by atoms with Gasteiger partial charge in [0, 0.05) is 17.2 Å². The Labute approximate surface area is 172 Å². The van der Waals surface area contributed by atoms with Gasteiger partial charge >= 0.3 is 11.7 Å². The summed E-state index contributed by atoms with van der Waals surface area (Å²) >= 11 is 0. The van der Waals surface area contributed by atoms with Crippen molar-refractivity contribution in [2.45, 2.75) is 6.92 Å². The number of carbonyl (C=O) groups is 2. The average Bonchev–Trinajstić information content (AvgIpc) is 2.75. The van der Waals surface area contributed by atoms with Crippen molar-refractivity contribution in [3.8, 4) is 5.75 Å². The molecule has 30 heavy (non-hydrogen) atoms. The van der Waals surface area contributed by atoms with E-state index in [0.29, 0.717) is 5.56 Å². The van der Waals surface area contributed by atoms with Gasteiger partial charge in [0.25, 0.3) is 5.91 Å². The average molecular weight is 403 g/mol. The van der Waals surface area contributed by atoms with Crippen molar-refractivity contribution < 1.29 is 19.2 Å². The Hall–Kier alpha value is -4.33. The minimum Gasteiger partial charge on any atom is -0.415 e. The van der Waals surface area contributed by atoms with Gasteiger partial charge in [0.05, 0.1) is 16.7 Å². The maximum absolute atomic E-state index is 12.5. The number of nitrogens with one attached hydrogen (secondary N) is 1. The molecular formula is C22H17N3O5. The minimum atomic E-state index is -0.743. The largest absolute Gasteiger partial charge is 0.415 e. The highest BCUT2D eigenvalue weighted by Crippen LogP contribution is 2.30. The lowest BCUT2D eigenvalue weighted by molar-refractivity contribution is -0.385. The number of carbonyl (C=O) groups excluding carboxylic acids is 2. The lowest BCUT2D eigenvalue weighted by Crippen LogP contribution is -2.17. The monoisotopic (exact) mass is 403 g/mol. The lowest BCUT2D eigenvalue weighted by Gasteiger charge is -2.08. The smallest absolute Gasteiger partial charge is 0.343 e. The second-order valence-corrected chi connectivity index (χ2v) is 6.27. The molecular weight excluding hydrogens is 386 g/mol. The van der Waals surface area contributed by atoms with Crippen molar-refractivity contribution >= 4 is 23.8 Å². The normalized spacial score (nSPS) is 10.6. The van der Waals surface area contributed by atoms with Crippen LogP contribution in [0.3, 0.4) is 0 Å². The van der Waals surface area contributed by atoms with E-state index in [1.807, 2.05) is 6.92 Å². The number of nitrogens with zero attached hydrogens (tertiary/aromatic N) is 2. The number of ether oxygens (including phenoxy) is 1. The molecule has 0 aliphatic heterocycles. The van der Waals surface area contributed by atoms with Gasteiger partial charge in [-0.2, -0.15) is 5.10 Å². The number of rotatable bonds is 6. The molecule has 3 aromatic rings. The van der Waals surface area contributed by atoms with Crippen LogP contribution in [-0.4, -0.2) is 23.0 Å². The summed E-state index contributed by atoms with van der Waals surface area (Å²) in [5.74, 6) is -1.45. The number of hydrazone groups is 1. The van der Waals surface area contributed by atoms with Gasteiger partial charge in [-0.05, 0) is 37.3 Å². The summed E-state index contributed by atoms with van der Waals surface area (Å²) in [6.07, 6.45) is 1.19. The van der Waals surface area contributed by atoms with Crippen LogP contribution in [0.15, 0.2) is 77.9 Å². The Morgan fingerprint density at radius 3 is 2.33 bits per heavy atom. The van der Waals surface area contributed by atoms with E-state index in [1.165, 1.54) is 24.4 Å². The van der Waals surface area contributed by atoms with Crippen LogP contribution >= 0.6 is 0 Å². The van der Waals surface area contributed by atoms with Gasteiger partial charge in [0.1, 0.15) is 0 Å². The van der Waals surface area contributed by atoms with Crippen LogP contribution in [0, 0.1) is 17.0 Å². The zero-order valence-corrected chi connectivity index (χ0v) is 15.9. The fraction of sp³-hybridized carbons (Fsp3) is 0.0455. The van der Waals surface area contributed by atoms with Gasteiger partial charge in [-0.15, -0.1) is 0 Å². The molecule has 0 fully saturated rings. The molecule has 0 atom stereocenters. The van der Waals surface area contributed by atoms with Crippen LogP contribution < -0.4 is 10.2 Å². The summed E-state index contributed by atoms with van der Waals surface area (Å²) in [4.78, 5) is 35.3. The third-order valence-corrected chi connectivity index (χ3v) is 4.11. The molecule has 0 radical (unpaired) electrons. The Balaban J connectivity index is 1.84. The van der Waals surface area contributed by atoms with Gasteiger partial charge in [-0.1, -0.05) is 42.0 Å². The number of benzene rings is 3. The molecule has 3 rings (SSSR count). The molecule has 3 aromatic carbocycles.